The summed E-state index contributed by atoms with van der Waals surface area (Å²) in [6.07, 6.45) is 4.58. The molecule has 0 aromatic rings. The second-order valence-electron chi connectivity index (χ2n) is 4.30. The van der Waals surface area contributed by atoms with Crippen LogP contribution < -0.4 is 0 Å². The van der Waals surface area contributed by atoms with Crippen molar-refractivity contribution in [3.8, 4) is 0 Å². The van der Waals surface area contributed by atoms with Crippen molar-refractivity contribution in [1.82, 2.24) is 0 Å². The maximum Gasteiger partial charge on any atom is 0.159 e. The minimum Gasteiger partial charge on any atom is -0.352 e. The second-order valence-corrected chi connectivity index (χ2v) is 6.60. The van der Waals surface area contributed by atoms with Crippen LogP contribution in [0.5, 0.6) is 0 Å². The summed E-state index contributed by atoms with van der Waals surface area (Å²) >= 11 is 0. The molecule has 1 rings (SSSR count). The Labute approximate surface area is 84.3 Å². The van der Waals surface area contributed by atoms with Crippen LogP contribution in [-0.4, -0.2) is 37.8 Å². The van der Waals surface area contributed by atoms with Gasteiger partial charge in [-0.3, -0.25) is 0 Å². The molecule has 0 unspecified atom stereocenters. The molecule has 78 valence electrons. The lowest BCUT2D eigenvalue weighted by Gasteiger charge is -2.30. The van der Waals surface area contributed by atoms with E-state index in [1.807, 2.05) is 0 Å². The van der Waals surface area contributed by atoms with Gasteiger partial charge in [-0.25, -0.2) is 0 Å². The minimum absolute atomic E-state index is 0.0340. The van der Waals surface area contributed by atoms with Crippen molar-refractivity contribution >= 4 is 10.9 Å². The Bertz CT molecular complexity index is 140. The molecule has 0 N–H and O–H groups in total. The summed E-state index contributed by atoms with van der Waals surface area (Å²) in [7, 11) is 0.505. The van der Waals surface area contributed by atoms with Crippen LogP contribution in [0.3, 0.4) is 0 Å². The van der Waals surface area contributed by atoms with Gasteiger partial charge in [-0.1, -0.05) is 13.8 Å². The van der Waals surface area contributed by atoms with E-state index >= 15 is 0 Å². The highest BCUT2D eigenvalue weighted by Crippen LogP contribution is 2.18. The Kier molecular flexibility index (Phi) is 4.56. The third-order valence-electron chi connectivity index (χ3n) is 2.11. The lowest BCUT2D eigenvalue weighted by atomic mass is 10.1. The Morgan fingerprint density at radius 2 is 1.77 bits per heavy atom. The second kappa shape index (κ2) is 5.23. The van der Waals surface area contributed by atoms with Gasteiger partial charge in [0, 0.05) is 5.92 Å². The summed E-state index contributed by atoms with van der Waals surface area (Å²) in [5, 5.41) is 0. The van der Waals surface area contributed by atoms with E-state index in [0.29, 0.717) is 22.7 Å². The maximum atomic E-state index is 5.64. The van der Waals surface area contributed by atoms with Gasteiger partial charge in [0.1, 0.15) is 5.75 Å². The Morgan fingerprint density at radius 1 is 1.23 bits per heavy atom. The van der Waals surface area contributed by atoms with Crippen molar-refractivity contribution < 1.29 is 9.47 Å². The van der Waals surface area contributed by atoms with E-state index < -0.39 is 0 Å². The van der Waals surface area contributed by atoms with Gasteiger partial charge in [-0.15, -0.1) is 0 Å². The van der Waals surface area contributed by atoms with E-state index in [-0.39, 0.29) is 6.29 Å². The van der Waals surface area contributed by atoms with Crippen LogP contribution in [0.4, 0.5) is 0 Å². The van der Waals surface area contributed by atoms with Crippen LogP contribution >= 0.6 is 0 Å². The zero-order valence-electron chi connectivity index (χ0n) is 9.08. The fourth-order valence-corrected chi connectivity index (χ4v) is 2.65. The van der Waals surface area contributed by atoms with Crippen molar-refractivity contribution in [3.05, 3.63) is 0 Å². The standard InChI is InChI=1S/C10H21O2S/c1-8(2)10-11-5-9(6-12-10)7-13(3)4/h8-10H,5-7H2,1-4H3/q+1. The molecule has 0 radical (unpaired) electrons. The molecule has 1 heterocycles. The van der Waals surface area contributed by atoms with Gasteiger partial charge in [0.05, 0.1) is 31.6 Å². The normalized spacial score (nSPS) is 30.0. The van der Waals surface area contributed by atoms with Gasteiger partial charge < -0.3 is 9.47 Å². The van der Waals surface area contributed by atoms with Crippen LogP contribution in [-0.2, 0) is 20.4 Å². The van der Waals surface area contributed by atoms with Gasteiger partial charge in [0.15, 0.2) is 6.29 Å². The highest BCUT2D eigenvalue weighted by Gasteiger charge is 2.27. The molecule has 0 bridgehead atoms. The molecule has 1 fully saturated rings. The molecular weight excluding hydrogens is 184 g/mol. The molecule has 0 amide bonds. The summed E-state index contributed by atoms with van der Waals surface area (Å²) in [4.78, 5) is 0. The smallest absolute Gasteiger partial charge is 0.159 e. The van der Waals surface area contributed by atoms with E-state index in [9.17, 15) is 0 Å². The monoisotopic (exact) mass is 205 g/mol. The van der Waals surface area contributed by atoms with Crippen LogP contribution in [0.2, 0.25) is 0 Å². The van der Waals surface area contributed by atoms with Crippen LogP contribution in [0, 0.1) is 11.8 Å². The van der Waals surface area contributed by atoms with Gasteiger partial charge in [0.2, 0.25) is 0 Å². The third kappa shape index (κ3) is 3.88. The molecular formula is C10H21O2S+. The Balaban J connectivity index is 2.22. The predicted molar refractivity (Wildman–Crippen MR) is 58.1 cm³/mol. The molecule has 0 aromatic carbocycles. The first-order valence-corrected chi connectivity index (χ1v) is 7.08. The average molecular weight is 205 g/mol. The number of hydrogen-bond acceptors (Lipinski definition) is 2. The highest BCUT2D eigenvalue weighted by atomic mass is 32.2. The summed E-state index contributed by atoms with van der Waals surface area (Å²) in [6, 6.07) is 0. The van der Waals surface area contributed by atoms with Gasteiger partial charge in [0.25, 0.3) is 0 Å². The minimum atomic E-state index is 0.0340. The largest absolute Gasteiger partial charge is 0.352 e. The molecule has 13 heavy (non-hydrogen) atoms. The molecule has 0 aliphatic carbocycles. The number of hydrogen-bond donors (Lipinski definition) is 0. The van der Waals surface area contributed by atoms with Crippen LogP contribution in [0.15, 0.2) is 0 Å². The van der Waals surface area contributed by atoms with Gasteiger partial charge in [-0.2, -0.15) is 0 Å². The average Bonchev–Trinajstić information content (AvgIpc) is 2.04. The topological polar surface area (TPSA) is 18.5 Å². The van der Waals surface area contributed by atoms with E-state index in [1.165, 1.54) is 5.75 Å². The highest BCUT2D eigenvalue weighted by molar-refractivity contribution is 7.95. The van der Waals surface area contributed by atoms with E-state index in [0.717, 1.165) is 13.2 Å². The quantitative estimate of drug-likeness (QED) is 0.650. The first-order valence-electron chi connectivity index (χ1n) is 4.87. The molecule has 1 aliphatic heterocycles. The zero-order valence-corrected chi connectivity index (χ0v) is 9.89. The Morgan fingerprint density at radius 3 is 2.15 bits per heavy atom. The molecule has 0 aromatic heterocycles. The molecule has 0 spiro atoms. The summed E-state index contributed by atoms with van der Waals surface area (Å²) in [6.45, 7) is 6.03. The fraction of sp³-hybridized carbons (Fsp3) is 1.00. The first-order chi connectivity index (χ1) is 6.09. The summed E-state index contributed by atoms with van der Waals surface area (Å²) in [5.74, 6) is 2.33. The lowest BCUT2D eigenvalue weighted by Crippen LogP contribution is -2.37. The van der Waals surface area contributed by atoms with Crippen molar-refractivity contribution in [2.45, 2.75) is 20.1 Å². The first kappa shape index (κ1) is 11.3. The van der Waals surface area contributed by atoms with Crippen molar-refractivity contribution in [2.24, 2.45) is 11.8 Å². The Hall–Kier alpha value is 0.270. The molecule has 0 atom stereocenters. The SMILES string of the molecule is CC(C)C1OCC(C[S+](C)C)CO1. The van der Waals surface area contributed by atoms with E-state index in [4.69, 9.17) is 9.47 Å². The molecule has 1 aliphatic rings. The van der Waals surface area contributed by atoms with Crippen LogP contribution in [0.25, 0.3) is 0 Å². The molecule has 2 nitrogen and oxygen atoms in total. The summed E-state index contributed by atoms with van der Waals surface area (Å²) < 4.78 is 11.3. The molecule has 3 heteroatoms. The number of rotatable bonds is 3. The van der Waals surface area contributed by atoms with Crippen molar-refractivity contribution in [2.75, 3.05) is 31.5 Å². The van der Waals surface area contributed by atoms with E-state index in [2.05, 4.69) is 26.4 Å². The van der Waals surface area contributed by atoms with Crippen molar-refractivity contribution in [1.29, 1.82) is 0 Å². The molecule has 0 saturated carbocycles. The van der Waals surface area contributed by atoms with E-state index in [1.54, 1.807) is 0 Å². The zero-order chi connectivity index (χ0) is 9.84. The van der Waals surface area contributed by atoms with Gasteiger partial charge in [-0.05, 0) is 10.9 Å². The predicted octanol–water partition coefficient (Wildman–Crippen LogP) is 1.51. The fourth-order valence-electron chi connectivity index (χ4n) is 1.51. The number of ether oxygens (including phenoxy) is 2. The van der Waals surface area contributed by atoms with Crippen molar-refractivity contribution in [3.63, 3.8) is 0 Å². The maximum absolute atomic E-state index is 5.64. The summed E-state index contributed by atoms with van der Waals surface area (Å²) in [5.41, 5.74) is 0. The van der Waals surface area contributed by atoms with Crippen LogP contribution in [0.1, 0.15) is 13.8 Å². The molecule has 1 saturated heterocycles. The van der Waals surface area contributed by atoms with Gasteiger partial charge >= 0.3 is 0 Å². The lowest BCUT2D eigenvalue weighted by molar-refractivity contribution is -0.215. The third-order valence-corrected chi connectivity index (χ3v) is 3.24.